The van der Waals surface area contributed by atoms with Crippen LogP contribution < -0.4 is 5.32 Å². The Morgan fingerprint density at radius 3 is 2.59 bits per heavy atom. The number of aromatic nitrogens is 1. The number of halogens is 1. The van der Waals surface area contributed by atoms with E-state index in [0.29, 0.717) is 43.4 Å². The highest BCUT2D eigenvalue weighted by molar-refractivity contribution is 6.29. The van der Waals surface area contributed by atoms with Crippen molar-refractivity contribution in [1.29, 1.82) is 0 Å². The van der Waals surface area contributed by atoms with Gasteiger partial charge in [0.05, 0.1) is 6.54 Å². The van der Waals surface area contributed by atoms with Gasteiger partial charge < -0.3 is 10.2 Å². The van der Waals surface area contributed by atoms with Gasteiger partial charge in [0.1, 0.15) is 5.15 Å². The number of carbonyl (C=O) groups is 2. The molecule has 1 fully saturated rings. The highest BCUT2D eigenvalue weighted by Gasteiger charge is 2.23. The predicted octanol–water partition coefficient (Wildman–Crippen LogP) is 2.75. The van der Waals surface area contributed by atoms with Crippen LogP contribution in [0.4, 0.5) is 5.69 Å². The Balaban J connectivity index is 1.51. The highest BCUT2D eigenvalue weighted by atomic mass is 35.5. The predicted molar refractivity (Wildman–Crippen MR) is 106 cm³/mol. The van der Waals surface area contributed by atoms with E-state index in [1.54, 1.807) is 17.0 Å². The first-order valence-electron chi connectivity index (χ1n) is 8.93. The van der Waals surface area contributed by atoms with Gasteiger partial charge >= 0.3 is 0 Å². The summed E-state index contributed by atoms with van der Waals surface area (Å²) in [6, 6.07) is 9.12. The van der Waals surface area contributed by atoms with E-state index in [9.17, 15) is 9.59 Å². The standard InChI is InChI=1S/C20H23ClN4O2/c1-14-4-3-5-17(15(14)2)23-19(26)13-24-8-10-25(11-9-24)20(27)16-6-7-22-18(21)12-16/h3-7,12H,8-11,13H2,1-2H3,(H,23,26). The fourth-order valence-electron chi connectivity index (χ4n) is 3.11. The van der Waals surface area contributed by atoms with E-state index in [-0.39, 0.29) is 11.8 Å². The van der Waals surface area contributed by atoms with Crippen LogP contribution in [-0.4, -0.2) is 59.3 Å². The van der Waals surface area contributed by atoms with Crippen LogP contribution in [0.25, 0.3) is 0 Å². The molecule has 1 aliphatic heterocycles. The monoisotopic (exact) mass is 386 g/mol. The topological polar surface area (TPSA) is 65.5 Å². The smallest absolute Gasteiger partial charge is 0.254 e. The Hall–Kier alpha value is -2.44. The van der Waals surface area contributed by atoms with E-state index < -0.39 is 0 Å². The maximum atomic E-state index is 12.5. The molecule has 2 heterocycles. The lowest BCUT2D eigenvalue weighted by Gasteiger charge is -2.34. The molecule has 6 nitrogen and oxygen atoms in total. The summed E-state index contributed by atoms with van der Waals surface area (Å²) in [5, 5.41) is 3.29. The van der Waals surface area contributed by atoms with Crippen molar-refractivity contribution in [2.75, 3.05) is 38.0 Å². The molecular weight excluding hydrogens is 364 g/mol. The lowest BCUT2D eigenvalue weighted by Crippen LogP contribution is -2.50. The van der Waals surface area contributed by atoms with E-state index in [2.05, 4.69) is 15.2 Å². The van der Waals surface area contributed by atoms with Gasteiger partial charge in [-0.1, -0.05) is 23.7 Å². The number of aryl methyl sites for hydroxylation is 1. The summed E-state index contributed by atoms with van der Waals surface area (Å²) in [6.07, 6.45) is 1.53. The fourth-order valence-corrected chi connectivity index (χ4v) is 3.28. The number of carbonyl (C=O) groups excluding carboxylic acids is 2. The maximum Gasteiger partial charge on any atom is 0.254 e. The number of piperazine rings is 1. The first-order valence-corrected chi connectivity index (χ1v) is 9.31. The zero-order valence-electron chi connectivity index (χ0n) is 15.5. The van der Waals surface area contributed by atoms with Gasteiger partial charge in [-0.2, -0.15) is 0 Å². The summed E-state index contributed by atoms with van der Waals surface area (Å²) in [7, 11) is 0. The first kappa shape index (κ1) is 19.3. The Morgan fingerprint density at radius 2 is 1.89 bits per heavy atom. The number of benzene rings is 1. The average Bonchev–Trinajstić information content (AvgIpc) is 2.65. The van der Waals surface area contributed by atoms with Crippen molar-refractivity contribution in [1.82, 2.24) is 14.8 Å². The molecule has 0 atom stereocenters. The minimum atomic E-state index is -0.0567. The molecule has 2 aromatic rings. The number of nitrogens with one attached hydrogen (secondary N) is 1. The fraction of sp³-hybridized carbons (Fsp3) is 0.350. The van der Waals surface area contributed by atoms with Gasteiger partial charge in [-0.05, 0) is 43.2 Å². The van der Waals surface area contributed by atoms with Crippen LogP contribution in [0.15, 0.2) is 36.5 Å². The van der Waals surface area contributed by atoms with Crippen LogP contribution in [0.2, 0.25) is 5.15 Å². The SMILES string of the molecule is Cc1cccc(NC(=O)CN2CCN(C(=O)c3ccnc(Cl)c3)CC2)c1C. The van der Waals surface area contributed by atoms with E-state index >= 15 is 0 Å². The summed E-state index contributed by atoms with van der Waals surface area (Å²) in [6.45, 7) is 6.81. The zero-order valence-corrected chi connectivity index (χ0v) is 16.3. The molecule has 0 spiro atoms. The quantitative estimate of drug-likeness (QED) is 0.820. The molecular formula is C20H23ClN4O2. The number of pyridine rings is 1. The third kappa shape index (κ3) is 4.84. The first-order chi connectivity index (χ1) is 12.9. The van der Waals surface area contributed by atoms with Crippen molar-refractivity contribution in [3.63, 3.8) is 0 Å². The van der Waals surface area contributed by atoms with Gasteiger partial charge in [-0.15, -0.1) is 0 Å². The summed E-state index contributed by atoms with van der Waals surface area (Å²) in [5.74, 6) is -0.0943. The molecule has 0 radical (unpaired) electrons. The summed E-state index contributed by atoms with van der Waals surface area (Å²) < 4.78 is 0. The summed E-state index contributed by atoms with van der Waals surface area (Å²) in [5.41, 5.74) is 3.62. The van der Waals surface area contributed by atoms with Gasteiger partial charge in [0.15, 0.2) is 0 Å². The van der Waals surface area contributed by atoms with Crippen molar-refractivity contribution in [2.24, 2.45) is 0 Å². The molecule has 27 heavy (non-hydrogen) atoms. The molecule has 3 rings (SSSR count). The van der Waals surface area contributed by atoms with Crippen LogP contribution in [0.3, 0.4) is 0 Å². The second kappa shape index (κ2) is 8.50. The Morgan fingerprint density at radius 1 is 1.15 bits per heavy atom. The van der Waals surface area contributed by atoms with Crippen LogP contribution in [-0.2, 0) is 4.79 Å². The molecule has 1 aliphatic rings. The van der Waals surface area contributed by atoms with Crippen LogP contribution >= 0.6 is 11.6 Å². The number of amides is 2. The van der Waals surface area contributed by atoms with E-state index in [1.165, 1.54) is 6.20 Å². The van der Waals surface area contributed by atoms with E-state index in [0.717, 1.165) is 16.8 Å². The van der Waals surface area contributed by atoms with Crippen LogP contribution in [0, 0.1) is 13.8 Å². The van der Waals surface area contributed by atoms with Crippen molar-refractivity contribution >= 4 is 29.1 Å². The molecule has 142 valence electrons. The Labute approximate surface area is 164 Å². The molecule has 2 amide bonds. The Kier molecular flexibility index (Phi) is 6.08. The molecule has 1 aromatic heterocycles. The number of rotatable bonds is 4. The van der Waals surface area contributed by atoms with Crippen molar-refractivity contribution in [2.45, 2.75) is 13.8 Å². The number of nitrogens with zero attached hydrogens (tertiary/aromatic N) is 3. The lowest BCUT2D eigenvalue weighted by molar-refractivity contribution is -0.117. The average molecular weight is 387 g/mol. The molecule has 0 aliphatic carbocycles. The van der Waals surface area contributed by atoms with Gasteiger partial charge in [-0.25, -0.2) is 4.98 Å². The van der Waals surface area contributed by atoms with Crippen molar-refractivity contribution < 1.29 is 9.59 Å². The molecule has 0 unspecified atom stereocenters. The number of hydrogen-bond donors (Lipinski definition) is 1. The second-order valence-corrected chi connectivity index (χ2v) is 7.12. The minimum absolute atomic E-state index is 0.0376. The maximum absolute atomic E-state index is 12.5. The molecule has 1 N–H and O–H groups in total. The molecule has 0 saturated carbocycles. The van der Waals surface area contributed by atoms with Gasteiger partial charge in [-0.3, -0.25) is 14.5 Å². The second-order valence-electron chi connectivity index (χ2n) is 6.73. The highest BCUT2D eigenvalue weighted by Crippen LogP contribution is 2.18. The lowest BCUT2D eigenvalue weighted by atomic mass is 10.1. The van der Waals surface area contributed by atoms with Gasteiger partial charge in [0.2, 0.25) is 5.91 Å². The molecule has 1 aromatic carbocycles. The van der Waals surface area contributed by atoms with Crippen molar-refractivity contribution in [3.05, 3.63) is 58.4 Å². The summed E-state index contributed by atoms with van der Waals surface area (Å²) in [4.78, 5) is 32.6. The third-order valence-electron chi connectivity index (χ3n) is 4.88. The number of hydrogen-bond acceptors (Lipinski definition) is 4. The van der Waals surface area contributed by atoms with E-state index in [1.807, 2.05) is 32.0 Å². The zero-order chi connectivity index (χ0) is 19.4. The van der Waals surface area contributed by atoms with Crippen LogP contribution in [0.1, 0.15) is 21.5 Å². The third-order valence-corrected chi connectivity index (χ3v) is 5.09. The minimum Gasteiger partial charge on any atom is -0.336 e. The Bertz CT molecular complexity index is 848. The van der Waals surface area contributed by atoms with Crippen LogP contribution in [0.5, 0.6) is 0 Å². The molecule has 7 heteroatoms. The largest absolute Gasteiger partial charge is 0.336 e. The normalized spacial score (nSPS) is 14.9. The van der Waals surface area contributed by atoms with Gasteiger partial charge in [0, 0.05) is 43.6 Å². The molecule has 0 bridgehead atoms. The van der Waals surface area contributed by atoms with Crippen molar-refractivity contribution in [3.8, 4) is 0 Å². The molecule has 1 saturated heterocycles. The van der Waals surface area contributed by atoms with E-state index in [4.69, 9.17) is 11.6 Å². The number of anilines is 1. The van der Waals surface area contributed by atoms with Gasteiger partial charge in [0.25, 0.3) is 5.91 Å². The summed E-state index contributed by atoms with van der Waals surface area (Å²) >= 11 is 5.86.